The molecule has 0 aliphatic heterocycles. The second kappa shape index (κ2) is 13.9. The van der Waals surface area contributed by atoms with Crippen molar-refractivity contribution < 1.29 is 9.53 Å². The number of ether oxygens (including phenoxy) is 1. The molecule has 3 N–H and O–H groups in total. The average molecular weight is 448 g/mol. The molecule has 0 radical (unpaired) electrons. The Morgan fingerprint density at radius 1 is 1.08 bits per heavy atom. The van der Waals surface area contributed by atoms with Crippen LogP contribution in [0.3, 0.4) is 0 Å². The second-order valence-electron chi connectivity index (χ2n) is 5.03. The molecule has 24 heavy (non-hydrogen) atoms. The maximum atomic E-state index is 12.0. The van der Waals surface area contributed by atoms with Crippen molar-refractivity contribution in [2.45, 2.75) is 26.7 Å². The van der Waals surface area contributed by atoms with Crippen LogP contribution in [0.25, 0.3) is 0 Å². The van der Waals surface area contributed by atoms with Gasteiger partial charge in [-0.25, -0.2) is 0 Å². The predicted octanol–water partition coefficient (Wildman–Crippen LogP) is 2.40. The maximum Gasteiger partial charge on any atom is 0.251 e. The number of aliphatic imine (C=N–C) groups is 1. The number of hydrogen-bond donors (Lipinski definition) is 3. The van der Waals surface area contributed by atoms with Gasteiger partial charge in [0.15, 0.2) is 5.96 Å². The van der Waals surface area contributed by atoms with E-state index in [0.29, 0.717) is 18.7 Å². The molecule has 0 saturated heterocycles. The first-order chi connectivity index (χ1) is 11.2. The summed E-state index contributed by atoms with van der Waals surface area (Å²) in [4.78, 5) is 16.5. The zero-order chi connectivity index (χ0) is 16.9. The molecule has 0 heterocycles. The first-order valence-electron chi connectivity index (χ1n) is 8.15. The van der Waals surface area contributed by atoms with Crippen LogP contribution in [0, 0.1) is 0 Å². The van der Waals surface area contributed by atoms with Gasteiger partial charge < -0.3 is 20.7 Å². The van der Waals surface area contributed by atoms with Crippen molar-refractivity contribution in [1.82, 2.24) is 16.0 Å². The highest BCUT2D eigenvalue weighted by molar-refractivity contribution is 14.0. The van der Waals surface area contributed by atoms with E-state index in [2.05, 4.69) is 27.9 Å². The maximum absolute atomic E-state index is 12.0. The van der Waals surface area contributed by atoms with Crippen LogP contribution in [0.5, 0.6) is 5.75 Å². The summed E-state index contributed by atoms with van der Waals surface area (Å²) in [6, 6.07) is 7.05. The molecule has 7 heteroatoms. The number of unbranched alkanes of at least 4 members (excludes halogenated alkanes) is 1. The summed E-state index contributed by atoms with van der Waals surface area (Å²) in [5.74, 6) is 1.43. The van der Waals surface area contributed by atoms with Crippen molar-refractivity contribution in [3.8, 4) is 5.75 Å². The lowest BCUT2D eigenvalue weighted by atomic mass is 10.2. The molecule has 1 aromatic carbocycles. The van der Waals surface area contributed by atoms with E-state index >= 15 is 0 Å². The van der Waals surface area contributed by atoms with Gasteiger partial charge >= 0.3 is 0 Å². The summed E-state index contributed by atoms with van der Waals surface area (Å²) < 4.78 is 5.08. The largest absolute Gasteiger partial charge is 0.497 e. The molecule has 0 fully saturated rings. The van der Waals surface area contributed by atoms with E-state index in [1.807, 2.05) is 6.92 Å². The molecule has 1 aromatic rings. The topological polar surface area (TPSA) is 74.8 Å². The van der Waals surface area contributed by atoms with Crippen molar-refractivity contribution in [3.63, 3.8) is 0 Å². The molecule has 6 nitrogen and oxygen atoms in total. The van der Waals surface area contributed by atoms with Gasteiger partial charge in [-0.3, -0.25) is 9.79 Å². The quantitative estimate of drug-likeness (QED) is 0.235. The smallest absolute Gasteiger partial charge is 0.251 e. The monoisotopic (exact) mass is 448 g/mol. The van der Waals surface area contributed by atoms with Crippen LogP contribution >= 0.6 is 24.0 Å². The van der Waals surface area contributed by atoms with Crippen LogP contribution in [0.4, 0.5) is 0 Å². The van der Waals surface area contributed by atoms with E-state index in [9.17, 15) is 4.79 Å². The summed E-state index contributed by atoms with van der Waals surface area (Å²) in [6.07, 6.45) is 2.20. The van der Waals surface area contributed by atoms with Crippen LogP contribution in [0.2, 0.25) is 0 Å². The van der Waals surface area contributed by atoms with Crippen LogP contribution in [-0.4, -0.2) is 45.2 Å². The normalized spacial score (nSPS) is 10.5. The zero-order valence-corrected chi connectivity index (χ0v) is 17.1. The van der Waals surface area contributed by atoms with E-state index in [4.69, 9.17) is 4.74 Å². The fraction of sp³-hybridized carbons (Fsp3) is 0.529. The van der Waals surface area contributed by atoms with Crippen molar-refractivity contribution in [2.24, 2.45) is 4.99 Å². The third-order valence-electron chi connectivity index (χ3n) is 3.18. The molecule has 0 unspecified atom stereocenters. The fourth-order valence-electron chi connectivity index (χ4n) is 1.89. The second-order valence-corrected chi connectivity index (χ2v) is 5.03. The van der Waals surface area contributed by atoms with E-state index in [-0.39, 0.29) is 29.9 Å². The number of rotatable bonds is 9. The Hall–Kier alpha value is -1.51. The average Bonchev–Trinajstić information content (AvgIpc) is 2.58. The van der Waals surface area contributed by atoms with E-state index in [1.165, 1.54) is 0 Å². The number of hydrogen-bond acceptors (Lipinski definition) is 3. The van der Waals surface area contributed by atoms with Crippen molar-refractivity contribution >= 4 is 35.8 Å². The number of methoxy groups -OCH3 is 1. The standard InChI is InChI=1S/C17H28N4O2.HI/c1-4-6-11-20-17(18-5-2)21-13-12-19-16(22)14-7-9-15(23-3)10-8-14;/h7-10H,4-6,11-13H2,1-3H3,(H,19,22)(H2,18,20,21);1H. The van der Waals surface area contributed by atoms with Crippen LogP contribution in [0.15, 0.2) is 29.3 Å². The molecule has 0 saturated carbocycles. The minimum absolute atomic E-state index is 0. The summed E-state index contributed by atoms with van der Waals surface area (Å²) in [5, 5.41) is 9.27. The molecular weight excluding hydrogens is 419 g/mol. The summed E-state index contributed by atoms with van der Waals surface area (Å²) >= 11 is 0. The van der Waals surface area contributed by atoms with Crippen molar-refractivity contribution in [1.29, 1.82) is 0 Å². The van der Waals surface area contributed by atoms with Gasteiger partial charge in [0.2, 0.25) is 0 Å². The van der Waals surface area contributed by atoms with Gasteiger partial charge in [0, 0.05) is 31.7 Å². The van der Waals surface area contributed by atoms with Gasteiger partial charge in [-0.05, 0) is 37.6 Å². The van der Waals surface area contributed by atoms with Crippen LogP contribution in [0.1, 0.15) is 37.0 Å². The number of halogens is 1. The Morgan fingerprint density at radius 2 is 1.75 bits per heavy atom. The highest BCUT2D eigenvalue weighted by atomic mass is 127. The third kappa shape index (κ3) is 8.95. The first-order valence-corrected chi connectivity index (χ1v) is 8.15. The van der Waals surface area contributed by atoms with Gasteiger partial charge in [-0.1, -0.05) is 13.3 Å². The summed E-state index contributed by atoms with van der Waals surface area (Å²) in [6.45, 7) is 6.95. The van der Waals surface area contributed by atoms with Gasteiger partial charge in [0.05, 0.1) is 7.11 Å². The molecule has 1 amide bonds. The molecule has 0 bridgehead atoms. The zero-order valence-electron chi connectivity index (χ0n) is 14.7. The van der Waals surface area contributed by atoms with Crippen LogP contribution in [-0.2, 0) is 0 Å². The highest BCUT2D eigenvalue weighted by Crippen LogP contribution is 2.10. The van der Waals surface area contributed by atoms with E-state index in [0.717, 1.165) is 37.6 Å². The van der Waals surface area contributed by atoms with E-state index < -0.39 is 0 Å². The van der Waals surface area contributed by atoms with Gasteiger partial charge in [0.1, 0.15) is 5.75 Å². The number of amides is 1. The van der Waals surface area contributed by atoms with E-state index in [1.54, 1.807) is 31.4 Å². The summed E-state index contributed by atoms with van der Waals surface area (Å²) in [7, 11) is 1.60. The Morgan fingerprint density at radius 3 is 2.33 bits per heavy atom. The minimum Gasteiger partial charge on any atom is -0.497 e. The number of nitrogens with one attached hydrogen (secondary N) is 3. The Labute approximate surface area is 161 Å². The Kier molecular flexibility index (Phi) is 13.0. The van der Waals surface area contributed by atoms with Gasteiger partial charge in [0.25, 0.3) is 5.91 Å². The Bertz CT molecular complexity index is 492. The van der Waals surface area contributed by atoms with Crippen molar-refractivity contribution in [2.75, 3.05) is 33.3 Å². The molecule has 0 aliphatic rings. The molecule has 0 spiro atoms. The van der Waals surface area contributed by atoms with Gasteiger partial charge in [-0.15, -0.1) is 24.0 Å². The number of carbonyl (C=O) groups is 1. The first kappa shape index (κ1) is 22.5. The molecule has 0 aliphatic carbocycles. The predicted molar refractivity (Wildman–Crippen MR) is 110 cm³/mol. The number of benzene rings is 1. The molecule has 136 valence electrons. The molecule has 0 aromatic heterocycles. The number of nitrogens with zero attached hydrogens (tertiary/aromatic N) is 1. The lowest BCUT2D eigenvalue weighted by Gasteiger charge is -2.12. The number of carbonyl (C=O) groups excluding carboxylic acids is 1. The molecular formula is C17H29IN4O2. The highest BCUT2D eigenvalue weighted by Gasteiger charge is 2.04. The molecule has 0 atom stereocenters. The SMILES string of the molecule is CCCCN=C(NCC)NCCNC(=O)c1ccc(OC)cc1.I. The van der Waals surface area contributed by atoms with Crippen molar-refractivity contribution in [3.05, 3.63) is 29.8 Å². The lowest BCUT2D eigenvalue weighted by molar-refractivity contribution is 0.0954. The fourth-order valence-corrected chi connectivity index (χ4v) is 1.89. The van der Waals surface area contributed by atoms with Crippen LogP contribution < -0.4 is 20.7 Å². The summed E-state index contributed by atoms with van der Waals surface area (Å²) in [5.41, 5.74) is 0.620. The molecule has 1 rings (SSSR count). The Balaban J connectivity index is 0.00000529. The third-order valence-corrected chi connectivity index (χ3v) is 3.18. The number of guanidine groups is 1. The minimum atomic E-state index is -0.0950. The lowest BCUT2D eigenvalue weighted by Crippen LogP contribution is -2.41. The van der Waals surface area contributed by atoms with Gasteiger partial charge in [-0.2, -0.15) is 0 Å².